The minimum absolute atomic E-state index is 0.0859. The standard InChI is InChI=1S/C38H46Cl2N2O5P/c1-27-9-5-13-31(21-27)46-33-17-15-29(35(39)23-33)11-7-19-37(3,41)25-44-48(43)45-26-38(4,42)20-8-12-30-16-18-34(24-36(30)40)47-32-14-6-10-28(2)22-32/h5-6,9-10,13-18,21-24H,7-8,11-12,19-20,25-26,41-42H2,1-4H3/q+1/t37-,38-/m1/s1. The highest BCUT2D eigenvalue weighted by Crippen LogP contribution is 2.32. The second-order valence-electron chi connectivity index (χ2n) is 13.1. The molecule has 0 aliphatic heterocycles. The number of hydrogen-bond acceptors (Lipinski definition) is 7. The molecule has 0 aliphatic rings. The molecule has 0 aromatic heterocycles. The van der Waals surface area contributed by atoms with Gasteiger partial charge in [0.1, 0.15) is 36.2 Å². The molecule has 256 valence electrons. The monoisotopic (exact) mass is 711 g/mol. The van der Waals surface area contributed by atoms with Crippen LogP contribution < -0.4 is 20.9 Å². The van der Waals surface area contributed by atoms with Crippen molar-refractivity contribution in [3.05, 3.63) is 117 Å². The fraction of sp³-hybridized carbons (Fsp3) is 0.368. The van der Waals surface area contributed by atoms with Gasteiger partial charge in [-0.05, 0) is 137 Å². The molecule has 0 saturated carbocycles. The summed E-state index contributed by atoms with van der Waals surface area (Å²) in [5, 5.41) is 1.28. The molecule has 7 nitrogen and oxygen atoms in total. The van der Waals surface area contributed by atoms with Gasteiger partial charge in [0.05, 0.1) is 0 Å². The van der Waals surface area contributed by atoms with Crippen LogP contribution in [0.4, 0.5) is 0 Å². The van der Waals surface area contributed by atoms with Gasteiger partial charge in [-0.2, -0.15) is 0 Å². The molecule has 0 saturated heterocycles. The first-order valence-corrected chi connectivity index (χ1v) is 18.0. The lowest BCUT2D eigenvalue weighted by Crippen LogP contribution is -2.41. The number of halogens is 2. The zero-order valence-electron chi connectivity index (χ0n) is 28.1. The lowest BCUT2D eigenvalue weighted by molar-refractivity contribution is 0.156. The largest absolute Gasteiger partial charge is 0.697 e. The van der Waals surface area contributed by atoms with Gasteiger partial charge in [-0.25, -0.2) is 0 Å². The molecular formula is C38H46Cl2N2O5P+. The van der Waals surface area contributed by atoms with Gasteiger partial charge in [-0.3, -0.25) is 0 Å². The van der Waals surface area contributed by atoms with Gasteiger partial charge in [-0.15, -0.1) is 9.05 Å². The highest BCUT2D eigenvalue weighted by molar-refractivity contribution is 7.33. The van der Waals surface area contributed by atoms with Crippen molar-refractivity contribution in [2.75, 3.05) is 13.2 Å². The summed E-state index contributed by atoms with van der Waals surface area (Å²) < 4.78 is 35.4. The minimum Gasteiger partial charge on any atom is -0.457 e. The molecule has 0 spiro atoms. The molecule has 0 bridgehead atoms. The van der Waals surface area contributed by atoms with Gasteiger partial charge in [0.15, 0.2) is 0 Å². The summed E-state index contributed by atoms with van der Waals surface area (Å²) in [5.74, 6) is 2.90. The summed E-state index contributed by atoms with van der Waals surface area (Å²) in [5.41, 5.74) is 15.8. The molecule has 0 aliphatic carbocycles. The van der Waals surface area contributed by atoms with Gasteiger partial charge in [-0.1, -0.05) is 59.6 Å². The normalized spacial score (nSPS) is 13.8. The molecule has 2 atom stereocenters. The summed E-state index contributed by atoms with van der Waals surface area (Å²) in [6, 6.07) is 27.1. The van der Waals surface area contributed by atoms with Crippen LogP contribution in [-0.2, 0) is 26.5 Å². The van der Waals surface area contributed by atoms with Crippen molar-refractivity contribution < 1.29 is 23.1 Å². The maximum Gasteiger partial charge on any atom is 0.697 e. The van der Waals surface area contributed by atoms with Crippen LogP contribution in [0.1, 0.15) is 61.8 Å². The van der Waals surface area contributed by atoms with E-state index in [-0.39, 0.29) is 13.2 Å². The van der Waals surface area contributed by atoms with Gasteiger partial charge < -0.3 is 20.9 Å². The smallest absolute Gasteiger partial charge is 0.457 e. The van der Waals surface area contributed by atoms with Crippen LogP contribution in [0.15, 0.2) is 84.9 Å². The van der Waals surface area contributed by atoms with Crippen molar-refractivity contribution in [2.24, 2.45) is 11.5 Å². The average molecular weight is 713 g/mol. The van der Waals surface area contributed by atoms with Crippen molar-refractivity contribution >= 4 is 31.5 Å². The van der Waals surface area contributed by atoms with E-state index in [1.165, 1.54) is 0 Å². The van der Waals surface area contributed by atoms with E-state index < -0.39 is 19.3 Å². The third-order valence-electron chi connectivity index (χ3n) is 7.89. The zero-order chi connectivity index (χ0) is 34.7. The van der Waals surface area contributed by atoms with Crippen LogP contribution in [0.3, 0.4) is 0 Å². The molecule has 0 fully saturated rings. The van der Waals surface area contributed by atoms with Crippen LogP contribution >= 0.6 is 31.5 Å². The first-order chi connectivity index (χ1) is 22.8. The lowest BCUT2D eigenvalue weighted by atomic mass is 9.95. The van der Waals surface area contributed by atoms with Crippen LogP contribution in [0.25, 0.3) is 0 Å². The van der Waals surface area contributed by atoms with Crippen molar-refractivity contribution in [3.8, 4) is 23.0 Å². The maximum absolute atomic E-state index is 12.5. The van der Waals surface area contributed by atoms with Crippen LogP contribution in [-0.4, -0.2) is 24.3 Å². The Kier molecular flexibility index (Phi) is 13.9. The van der Waals surface area contributed by atoms with Gasteiger partial charge in [0.25, 0.3) is 0 Å². The Hall–Kier alpha value is -3.00. The van der Waals surface area contributed by atoms with E-state index in [0.29, 0.717) is 34.4 Å². The van der Waals surface area contributed by atoms with E-state index in [1.807, 2.05) is 113 Å². The van der Waals surface area contributed by atoms with Gasteiger partial charge in [0.2, 0.25) is 0 Å². The first-order valence-electron chi connectivity index (χ1n) is 16.1. The van der Waals surface area contributed by atoms with E-state index in [1.54, 1.807) is 0 Å². The third kappa shape index (κ3) is 12.8. The topological polar surface area (TPSA) is 106 Å². The van der Waals surface area contributed by atoms with E-state index >= 15 is 0 Å². The van der Waals surface area contributed by atoms with E-state index in [9.17, 15) is 4.57 Å². The number of rotatable bonds is 18. The summed E-state index contributed by atoms with van der Waals surface area (Å²) in [7, 11) is -2.37. The Morgan fingerprint density at radius 2 is 1.02 bits per heavy atom. The third-order valence-corrected chi connectivity index (χ3v) is 9.27. The predicted molar refractivity (Wildman–Crippen MR) is 196 cm³/mol. The summed E-state index contributed by atoms with van der Waals surface area (Å²) in [6.07, 6.45) is 4.31. The summed E-state index contributed by atoms with van der Waals surface area (Å²) in [6.45, 7) is 7.95. The Balaban J connectivity index is 1.13. The highest BCUT2D eigenvalue weighted by atomic mass is 35.5. The molecule has 4 aromatic rings. The molecule has 0 amide bonds. The quantitative estimate of drug-likeness (QED) is 0.0989. The van der Waals surface area contributed by atoms with Crippen LogP contribution in [0, 0.1) is 13.8 Å². The minimum atomic E-state index is -2.37. The molecule has 4 aromatic carbocycles. The lowest BCUT2D eigenvalue weighted by Gasteiger charge is -2.22. The molecule has 4 rings (SSSR count). The molecule has 10 heteroatoms. The fourth-order valence-electron chi connectivity index (χ4n) is 5.17. The second kappa shape index (κ2) is 17.6. The number of ether oxygens (including phenoxy) is 2. The Morgan fingerprint density at radius 3 is 1.40 bits per heavy atom. The zero-order valence-corrected chi connectivity index (χ0v) is 30.5. The number of aryl methyl sites for hydroxylation is 4. The molecule has 0 heterocycles. The van der Waals surface area contributed by atoms with E-state index in [0.717, 1.165) is 59.4 Å². The summed E-state index contributed by atoms with van der Waals surface area (Å²) in [4.78, 5) is 0. The highest BCUT2D eigenvalue weighted by Gasteiger charge is 2.31. The molecule has 0 radical (unpaired) electrons. The Bertz CT molecular complexity index is 1560. The Morgan fingerprint density at radius 1 is 0.625 bits per heavy atom. The maximum atomic E-state index is 12.5. The first kappa shape index (κ1) is 37.8. The number of benzene rings is 4. The van der Waals surface area contributed by atoms with Gasteiger partial charge in [0, 0.05) is 25.7 Å². The van der Waals surface area contributed by atoms with Crippen molar-refractivity contribution in [3.63, 3.8) is 0 Å². The molecular weight excluding hydrogens is 666 g/mol. The number of nitrogens with two attached hydrogens (primary N) is 2. The predicted octanol–water partition coefficient (Wildman–Crippen LogP) is 10.7. The van der Waals surface area contributed by atoms with E-state index in [4.69, 9.17) is 53.2 Å². The SMILES string of the molecule is Cc1cccc(Oc2ccc(CCC[C@@](C)(N)CO[P+](=O)OC[C@](C)(N)CCCc3ccc(Oc4cccc(C)c4)cc3Cl)c(Cl)c2)c1. The molecule has 0 unspecified atom stereocenters. The van der Waals surface area contributed by atoms with Crippen molar-refractivity contribution in [2.45, 2.75) is 77.3 Å². The average Bonchev–Trinajstić information content (AvgIpc) is 3.01. The molecule has 48 heavy (non-hydrogen) atoms. The van der Waals surface area contributed by atoms with Gasteiger partial charge >= 0.3 is 8.25 Å². The Labute approximate surface area is 295 Å². The fourth-order valence-corrected chi connectivity index (χ4v) is 6.57. The van der Waals surface area contributed by atoms with Crippen LogP contribution in [0.5, 0.6) is 23.0 Å². The second-order valence-corrected chi connectivity index (χ2v) is 14.9. The summed E-state index contributed by atoms with van der Waals surface area (Å²) >= 11 is 13.1. The van der Waals surface area contributed by atoms with Crippen LogP contribution in [0.2, 0.25) is 10.0 Å². The van der Waals surface area contributed by atoms with Crippen molar-refractivity contribution in [1.82, 2.24) is 0 Å². The van der Waals surface area contributed by atoms with E-state index in [2.05, 4.69) is 0 Å². The van der Waals surface area contributed by atoms with Crippen molar-refractivity contribution in [1.29, 1.82) is 0 Å². The molecule has 4 N–H and O–H groups in total. The number of hydrogen-bond donors (Lipinski definition) is 2.